The van der Waals surface area contributed by atoms with E-state index in [-0.39, 0.29) is 11.6 Å². The zero-order valence-corrected chi connectivity index (χ0v) is 13.8. The van der Waals surface area contributed by atoms with Gasteiger partial charge in [-0.25, -0.2) is 0 Å². The zero-order valence-electron chi connectivity index (χ0n) is 13.8. The highest BCUT2D eigenvalue weighted by molar-refractivity contribution is 5.97. The molecule has 0 atom stereocenters. The maximum atomic E-state index is 11.1. The molecular formula is C19H20N2O3. The van der Waals surface area contributed by atoms with E-state index in [1.54, 1.807) is 4.57 Å². The Morgan fingerprint density at radius 3 is 2.58 bits per heavy atom. The first-order valence-corrected chi connectivity index (χ1v) is 7.96. The van der Waals surface area contributed by atoms with Gasteiger partial charge in [-0.05, 0) is 48.7 Å². The van der Waals surface area contributed by atoms with Gasteiger partial charge in [0.15, 0.2) is 5.69 Å². The number of aryl methyl sites for hydroxylation is 3. The molecule has 0 saturated carbocycles. The predicted molar refractivity (Wildman–Crippen MR) is 95.1 cm³/mol. The number of benzene rings is 2. The average Bonchev–Trinajstić information content (AvgIpc) is 2.88. The van der Waals surface area contributed by atoms with Crippen molar-refractivity contribution in [3.8, 4) is 11.6 Å². The number of rotatable bonds is 6. The summed E-state index contributed by atoms with van der Waals surface area (Å²) >= 11 is 0. The highest BCUT2D eigenvalue weighted by Gasteiger charge is 2.19. The van der Waals surface area contributed by atoms with Crippen molar-refractivity contribution in [2.75, 3.05) is 6.61 Å². The van der Waals surface area contributed by atoms with Gasteiger partial charge in [-0.15, -0.1) is 4.91 Å². The molecule has 0 spiro atoms. The second-order valence-electron chi connectivity index (χ2n) is 5.83. The molecule has 0 amide bonds. The van der Waals surface area contributed by atoms with Crippen LogP contribution < -0.4 is 4.74 Å². The highest BCUT2D eigenvalue weighted by Crippen LogP contribution is 2.40. The van der Waals surface area contributed by atoms with Crippen molar-refractivity contribution >= 4 is 16.6 Å². The first-order valence-electron chi connectivity index (χ1n) is 7.96. The van der Waals surface area contributed by atoms with E-state index in [2.05, 4.69) is 5.18 Å². The van der Waals surface area contributed by atoms with E-state index < -0.39 is 0 Å². The van der Waals surface area contributed by atoms with Crippen molar-refractivity contribution < 1.29 is 9.84 Å². The molecule has 0 unspecified atom stereocenters. The molecule has 0 fully saturated rings. The smallest absolute Gasteiger partial charge is 0.222 e. The molecule has 1 N–H and O–H groups in total. The molecule has 24 heavy (non-hydrogen) atoms. The molecule has 2 aromatic carbocycles. The molecule has 5 nitrogen and oxygen atoms in total. The van der Waals surface area contributed by atoms with Crippen LogP contribution in [0.4, 0.5) is 5.69 Å². The first kappa shape index (κ1) is 16.1. The maximum absolute atomic E-state index is 11.1. The second-order valence-corrected chi connectivity index (χ2v) is 5.83. The third-order valence-corrected chi connectivity index (χ3v) is 4.32. The topological polar surface area (TPSA) is 63.8 Å². The quantitative estimate of drug-likeness (QED) is 0.521. The van der Waals surface area contributed by atoms with Crippen molar-refractivity contribution in [1.29, 1.82) is 0 Å². The number of aromatic nitrogens is 1. The average molecular weight is 324 g/mol. The fourth-order valence-electron chi connectivity index (χ4n) is 2.93. The van der Waals surface area contributed by atoms with E-state index in [1.165, 1.54) is 0 Å². The van der Waals surface area contributed by atoms with Crippen LogP contribution in [0.3, 0.4) is 0 Å². The maximum Gasteiger partial charge on any atom is 0.222 e. The summed E-state index contributed by atoms with van der Waals surface area (Å²) in [6.07, 6.45) is 0.706. The Balaban J connectivity index is 1.82. The van der Waals surface area contributed by atoms with Gasteiger partial charge in [0.2, 0.25) is 5.88 Å². The lowest BCUT2D eigenvalue weighted by Gasteiger charge is -2.11. The van der Waals surface area contributed by atoms with Gasteiger partial charge in [-0.3, -0.25) is 0 Å². The largest absolute Gasteiger partial charge is 0.494 e. The van der Waals surface area contributed by atoms with Crippen molar-refractivity contribution in [2.45, 2.75) is 26.8 Å². The van der Waals surface area contributed by atoms with Crippen molar-refractivity contribution in [3.63, 3.8) is 0 Å². The Labute approximate surface area is 140 Å². The zero-order chi connectivity index (χ0) is 17.1. The number of ether oxygens (including phenoxy) is 1. The van der Waals surface area contributed by atoms with Crippen LogP contribution in [0.25, 0.3) is 10.9 Å². The molecule has 0 saturated heterocycles. The van der Waals surface area contributed by atoms with Gasteiger partial charge < -0.3 is 14.4 Å². The number of para-hydroxylation sites is 1. The van der Waals surface area contributed by atoms with Crippen LogP contribution in [0.1, 0.15) is 17.5 Å². The van der Waals surface area contributed by atoms with Gasteiger partial charge in [0.05, 0.1) is 12.1 Å². The second kappa shape index (κ2) is 6.74. The minimum Gasteiger partial charge on any atom is -0.494 e. The molecule has 0 bridgehead atoms. The minimum absolute atomic E-state index is 0.0755. The molecule has 0 aliphatic rings. The Kier molecular flexibility index (Phi) is 4.51. The van der Waals surface area contributed by atoms with Crippen LogP contribution in [0.2, 0.25) is 0 Å². The molecule has 0 aliphatic heterocycles. The van der Waals surface area contributed by atoms with E-state index >= 15 is 0 Å². The van der Waals surface area contributed by atoms with Gasteiger partial charge in [0.1, 0.15) is 5.75 Å². The Morgan fingerprint density at radius 1 is 1.12 bits per heavy atom. The van der Waals surface area contributed by atoms with Crippen molar-refractivity contribution in [3.05, 3.63) is 58.5 Å². The van der Waals surface area contributed by atoms with E-state index in [4.69, 9.17) is 4.74 Å². The lowest BCUT2D eigenvalue weighted by molar-refractivity contribution is 0.298. The normalized spacial score (nSPS) is 10.9. The molecule has 1 heterocycles. The summed E-state index contributed by atoms with van der Waals surface area (Å²) in [7, 11) is 0. The van der Waals surface area contributed by atoms with Crippen molar-refractivity contribution in [1.82, 2.24) is 4.57 Å². The van der Waals surface area contributed by atoms with Gasteiger partial charge >= 0.3 is 0 Å². The molecule has 0 radical (unpaired) electrons. The number of nitrogens with zero attached hydrogens (tertiary/aromatic N) is 2. The Morgan fingerprint density at radius 2 is 1.88 bits per heavy atom. The van der Waals surface area contributed by atoms with Gasteiger partial charge in [0, 0.05) is 11.9 Å². The highest BCUT2D eigenvalue weighted by atomic mass is 16.5. The monoisotopic (exact) mass is 324 g/mol. The summed E-state index contributed by atoms with van der Waals surface area (Å²) in [4.78, 5) is 11.1. The Hall–Kier alpha value is -2.82. The van der Waals surface area contributed by atoms with Crippen molar-refractivity contribution in [2.24, 2.45) is 5.18 Å². The summed E-state index contributed by atoms with van der Waals surface area (Å²) in [6.45, 7) is 5.07. The Bertz CT molecular complexity index is 869. The summed E-state index contributed by atoms with van der Waals surface area (Å²) in [5.74, 6) is 0.745. The van der Waals surface area contributed by atoms with Crippen LogP contribution in [-0.2, 0) is 6.54 Å². The van der Waals surface area contributed by atoms with Crippen LogP contribution in [0, 0.1) is 18.8 Å². The molecule has 124 valence electrons. The fraction of sp³-hybridized carbons (Fsp3) is 0.263. The minimum atomic E-state index is -0.0755. The van der Waals surface area contributed by atoms with E-state index in [0.29, 0.717) is 25.0 Å². The SMILES string of the molecule is Cc1ccc2c(N=O)c(O)n(CCCOc3ccccc3)c2c1C. The van der Waals surface area contributed by atoms with Gasteiger partial charge in [0.25, 0.3) is 0 Å². The number of fused-ring (bicyclic) bond motifs is 1. The molecular weight excluding hydrogens is 304 g/mol. The molecule has 3 rings (SSSR count). The predicted octanol–water partition coefficient (Wildman–Crippen LogP) is 4.83. The van der Waals surface area contributed by atoms with E-state index in [9.17, 15) is 10.0 Å². The lowest BCUT2D eigenvalue weighted by atomic mass is 10.1. The molecule has 5 heteroatoms. The third kappa shape index (κ3) is 2.85. The molecule has 1 aromatic heterocycles. The summed E-state index contributed by atoms with van der Waals surface area (Å²) in [5, 5.41) is 14.1. The molecule has 3 aromatic rings. The van der Waals surface area contributed by atoms with Crippen LogP contribution >= 0.6 is 0 Å². The third-order valence-electron chi connectivity index (χ3n) is 4.32. The summed E-state index contributed by atoms with van der Waals surface area (Å²) in [6, 6.07) is 13.4. The first-order chi connectivity index (χ1) is 11.6. The number of aromatic hydroxyl groups is 1. The standard InChI is InChI=1S/C19H20N2O3/c1-13-9-10-16-17(20-23)19(22)21(18(16)14(13)2)11-6-12-24-15-7-4-3-5-8-15/h3-5,7-10,22H,6,11-12H2,1-2H3. The molecule has 0 aliphatic carbocycles. The lowest BCUT2D eigenvalue weighted by Crippen LogP contribution is -2.05. The van der Waals surface area contributed by atoms with Crippen LogP contribution in [0.5, 0.6) is 11.6 Å². The fourth-order valence-corrected chi connectivity index (χ4v) is 2.93. The van der Waals surface area contributed by atoms with Gasteiger partial charge in [-0.2, -0.15) is 0 Å². The number of hydrogen-bond acceptors (Lipinski definition) is 4. The van der Waals surface area contributed by atoms with Gasteiger partial charge in [-0.1, -0.05) is 30.3 Å². The summed E-state index contributed by atoms with van der Waals surface area (Å²) in [5.41, 5.74) is 3.12. The van der Waals surface area contributed by atoms with E-state index in [0.717, 1.165) is 22.4 Å². The number of hydrogen-bond donors (Lipinski definition) is 1. The van der Waals surface area contributed by atoms with Crippen LogP contribution in [0.15, 0.2) is 47.6 Å². The van der Waals surface area contributed by atoms with Crippen LogP contribution in [-0.4, -0.2) is 16.3 Å². The van der Waals surface area contributed by atoms with E-state index in [1.807, 2.05) is 56.3 Å². The summed E-state index contributed by atoms with van der Waals surface area (Å²) < 4.78 is 7.44. The number of nitroso groups, excluding NO2 is 1.